The number of likely N-dealkylation sites (tertiary alicyclic amines) is 1. The van der Waals surface area contributed by atoms with Crippen molar-refractivity contribution in [1.82, 2.24) is 4.90 Å². The average Bonchev–Trinajstić information content (AvgIpc) is 2.66. The van der Waals surface area contributed by atoms with Crippen LogP contribution in [0.4, 0.5) is 0 Å². The lowest BCUT2D eigenvalue weighted by Crippen LogP contribution is -2.40. The molecule has 3 nitrogen and oxygen atoms in total. The van der Waals surface area contributed by atoms with Crippen LogP contribution < -0.4 is 5.73 Å². The molecule has 1 saturated heterocycles. The molecule has 0 spiro atoms. The molecule has 1 aliphatic rings. The van der Waals surface area contributed by atoms with Crippen molar-refractivity contribution in [2.24, 2.45) is 17.6 Å². The van der Waals surface area contributed by atoms with E-state index in [1.165, 1.54) is 19.5 Å². The topological polar surface area (TPSA) is 49.5 Å². The smallest absolute Gasteiger partial charge is 0.0608 e. The minimum Gasteiger partial charge on any atom is -0.394 e. The molecule has 0 amide bonds. The number of rotatable bonds is 6. The summed E-state index contributed by atoms with van der Waals surface area (Å²) in [4.78, 5) is 2.54. The minimum absolute atomic E-state index is 0.0849. The van der Waals surface area contributed by atoms with Crippen molar-refractivity contribution in [3.63, 3.8) is 0 Å². The predicted octanol–water partition coefficient (Wildman–Crippen LogP) is 1.45. The summed E-state index contributed by atoms with van der Waals surface area (Å²) in [7, 11) is 0. The molecule has 3 heteroatoms. The lowest BCUT2D eigenvalue weighted by atomic mass is 9.95. The Kier molecular flexibility index (Phi) is 5.22. The maximum absolute atomic E-state index is 9.06. The van der Waals surface area contributed by atoms with Gasteiger partial charge in [-0.05, 0) is 51.1 Å². The Morgan fingerprint density at radius 1 is 1.50 bits per heavy atom. The highest BCUT2D eigenvalue weighted by molar-refractivity contribution is 4.80. The molecule has 1 rings (SSSR count). The van der Waals surface area contributed by atoms with Gasteiger partial charge in [0.1, 0.15) is 0 Å². The van der Waals surface area contributed by atoms with Crippen LogP contribution in [0.5, 0.6) is 0 Å². The van der Waals surface area contributed by atoms with Crippen molar-refractivity contribution in [1.29, 1.82) is 0 Å². The zero-order valence-corrected chi connectivity index (χ0v) is 11.1. The summed E-state index contributed by atoms with van der Waals surface area (Å²) in [5.41, 5.74) is 5.52. The second-order valence-corrected chi connectivity index (χ2v) is 6.01. The molecule has 0 aromatic rings. The summed E-state index contributed by atoms with van der Waals surface area (Å²) < 4.78 is 0. The van der Waals surface area contributed by atoms with Crippen LogP contribution in [-0.4, -0.2) is 41.8 Å². The molecule has 1 fully saturated rings. The summed E-state index contributed by atoms with van der Waals surface area (Å²) in [6, 6.07) is 0. The average molecular weight is 228 g/mol. The maximum atomic E-state index is 9.06. The van der Waals surface area contributed by atoms with Crippen LogP contribution in [0.1, 0.15) is 40.0 Å². The van der Waals surface area contributed by atoms with Gasteiger partial charge in [-0.1, -0.05) is 13.8 Å². The Labute approximate surface area is 100 Å². The highest BCUT2D eigenvalue weighted by atomic mass is 16.3. The van der Waals surface area contributed by atoms with Gasteiger partial charge in [0.15, 0.2) is 0 Å². The van der Waals surface area contributed by atoms with E-state index >= 15 is 0 Å². The molecule has 0 aromatic carbocycles. The third kappa shape index (κ3) is 4.40. The monoisotopic (exact) mass is 228 g/mol. The van der Waals surface area contributed by atoms with Crippen molar-refractivity contribution < 1.29 is 5.11 Å². The fourth-order valence-corrected chi connectivity index (χ4v) is 2.40. The predicted molar refractivity (Wildman–Crippen MR) is 68.3 cm³/mol. The number of aliphatic hydroxyl groups excluding tert-OH is 1. The highest BCUT2D eigenvalue weighted by Gasteiger charge is 2.25. The van der Waals surface area contributed by atoms with E-state index in [2.05, 4.69) is 18.7 Å². The van der Waals surface area contributed by atoms with Gasteiger partial charge in [0, 0.05) is 12.1 Å². The summed E-state index contributed by atoms with van der Waals surface area (Å²) in [6.07, 6.45) is 3.35. The normalized spacial score (nSPS) is 26.2. The molecule has 96 valence electrons. The summed E-state index contributed by atoms with van der Waals surface area (Å²) in [5.74, 6) is 1.68. The van der Waals surface area contributed by atoms with Crippen LogP contribution in [0.25, 0.3) is 0 Å². The first-order chi connectivity index (χ1) is 7.44. The molecule has 2 atom stereocenters. The summed E-state index contributed by atoms with van der Waals surface area (Å²) >= 11 is 0. The van der Waals surface area contributed by atoms with Gasteiger partial charge in [-0.2, -0.15) is 0 Å². The lowest BCUT2D eigenvalue weighted by Gasteiger charge is -2.23. The van der Waals surface area contributed by atoms with Gasteiger partial charge in [-0.15, -0.1) is 0 Å². The van der Waals surface area contributed by atoms with Crippen LogP contribution in [0.3, 0.4) is 0 Å². The Hall–Kier alpha value is -0.120. The van der Waals surface area contributed by atoms with Crippen molar-refractivity contribution >= 4 is 0 Å². The zero-order chi connectivity index (χ0) is 12.2. The number of hydrogen-bond donors (Lipinski definition) is 2. The second kappa shape index (κ2) is 5.99. The number of aliphatic hydroxyl groups is 1. The first-order valence-electron chi connectivity index (χ1n) is 6.57. The van der Waals surface area contributed by atoms with Crippen LogP contribution >= 0.6 is 0 Å². The largest absolute Gasteiger partial charge is 0.394 e. The van der Waals surface area contributed by atoms with Crippen LogP contribution in [0, 0.1) is 11.8 Å². The minimum atomic E-state index is -0.392. The van der Waals surface area contributed by atoms with Gasteiger partial charge in [0.05, 0.1) is 6.61 Å². The first-order valence-corrected chi connectivity index (χ1v) is 6.57. The van der Waals surface area contributed by atoms with Crippen molar-refractivity contribution in [2.75, 3.05) is 26.2 Å². The van der Waals surface area contributed by atoms with Crippen molar-refractivity contribution in [3.8, 4) is 0 Å². The molecule has 1 heterocycles. The fourth-order valence-electron chi connectivity index (χ4n) is 2.40. The third-order valence-electron chi connectivity index (χ3n) is 3.84. The summed E-state index contributed by atoms with van der Waals surface area (Å²) in [6.45, 7) is 10.3. The fraction of sp³-hybridized carbons (Fsp3) is 1.00. The van der Waals surface area contributed by atoms with Crippen LogP contribution in [0.2, 0.25) is 0 Å². The Morgan fingerprint density at radius 3 is 2.69 bits per heavy atom. The first kappa shape index (κ1) is 13.9. The van der Waals surface area contributed by atoms with Gasteiger partial charge in [0.2, 0.25) is 0 Å². The Morgan fingerprint density at radius 2 is 2.19 bits per heavy atom. The number of nitrogens with two attached hydrogens (primary N) is 1. The molecule has 0 aliphatic carbocycles. The molecular formula is C13H28N2O. The van der Waals surface area contributed by atoms with Crippen LogP contribution in [0.15, 0.2) is 0 Å². The Balaban J connectivity index is 2.16. The number of hydrogen-bond acceptors (Lipinski definition) is 3. The third-order valence-corrected chi connectivity index (χ3v) is 3.84. The molecule has 16 heavy (non-hydrogen) atoms. The molecular weight excluding hydrogens is 200 g/mol. The molecule has 2 unspecified atom stereocenters. The van der Waals surface area contributed by atoms with Crippen molar-refractivity contribution in [2.45, 2.75) is 45.6 Å². The molecule has 1 aliphatic heterocycles. The van der Waals surface area contributed by atoms with E-state index in [1.807, 2.05) is 6.92 Å². The van der Waals surface area contributed by atoms with E-state index in [1.54, 1.807) is 0 Å². The van der Waals surface area contributed by atoms with E-state index < -0.39 is 5.54 Å². The number of nitrogens with zero attached hydrogens (tertiary/aromatic N) is 1. The highest BCUT2D eigenvalue weighted by Crippen LogP contribution is 2.23. The second-order valence-electron chi connectivity index (χ2n) is 6.01. The van der Waals surface area contributed by atoms with Gasteiger partial charge >= 0.3 is 0 Å². The standard InChI is InChI=1S/C13H28N2O/c1-11(2)12-5-8-15(9-12)7-4-6-13(3,14)10-16/h11-12,16H,4-10,14H2,1-3H3. The van der Waals surface area contributed by atoms with E-state index in [0.29, 0.717) is 0 Å². The van der Waals surface area contributed by atoms with Crippen molar-refractivity contribution in [3.05, 3.63) is 0 Å². The lowest BCUT2D eigenvalue weighted by molar-refractivity contribution is 0.191. The SMILES string of the molecule is CC(C)C1CCN(CCCC(C)(N)CO)C1. The van der Waals surface area contributed by atoms with Gasteiger partial charge in [-0.25, -0.2) is 0 Å². The van der Waals surface area contributed by atoms with E-state index in [9.17, 15) is 0 Å². The van der Waals surface area contributed by atoms with E-state index in [0.717, 1.165) is 31.2 Å². The zero-order valence-electron chi connectivity index (χ0n) is 11.1. The molecule has 0 bridgehead atoms. The molecule has 3 N–H and O–H groups in total. The Bertz CT molecular complexity index is 204. The van der Waals surface area contributed by atoms with E-state index in [4.69, 9.17) is 10.8 Å². The molecule has 0 aromatic heterocycles. The summed E-state index contributed by atoms with van der Waals surface area (Å²) in [5, 5.41) is 9.06. The maximum Gasteiger partial charge on any atom is 0.0608 e. The molecule has 0 saturated carbocycles. The van der Waals surface area contributed by atoms with Gasteiger partial charge in [-0.3, -0.25) is 0 Å². The van der Waals surface area contributed by atoms with E-state index in [-0.39, 0.29) is 6.61 Å². The van der Waals surface area contributed by atoms with Crippen LogP contribution in [-0.2, 0) is 0 Å². The molecule has 0 radical (unpaired) electrons. The van der Waals surface area contributed by atoms with Gasteiger partial charge < -0.3 is 15.7 Å². The quantitative estimate of drug-likeness (QED) is 0.723. The van der Waals surface area contributed by atoms with Gasteiger partial charge in [0.25, 0.3) is 0 Å².